The van der Waals surface area contributed by atoms with Crippen molar-refractivity contribution in [3.63, 3.8) is 0 Å². The molecular formula is C12H10Sn. The van der Waals surface area contributed by atoms with Crippen molar-refractivity contribution in [1.82, 2.24) is 0 Å². The molecule has 2 aliphatic rings. The summed E-state index contributed by atoms with van der Waals surface area (Å²) in [6.07, 6.45) is 5.78. The number of hydrogen-bond donors (Lipinski definition) is 0. The molecule has 0 spiro atoms. The Morgan fingerprint density at radius 2 is 2.08 bits per heavy atom. The maximum absolute atomic E-state index is 2.43. The van der Waals surface area contributed by atoms with Gasteiger partial charge in [-0.25, -0.2) is 0 Å². The third-order valence-electron chi connectivity index (χ3n) is 2.71. The molecule has 0 atom stereocenters. The second-order valence-corrected chi connectivity index (χ2v) is 7.53. The van der Waals surface area contributed by atoms with Crippen molar-refractivity contribution < 1.29 is 0 Å². The number of fused-ring (bicyclic) bond motifs is 2. The third-order valence-corrected chi connectivity index (χ3v) is 6.51. The first-order valence-electron chi connectivity index (χ1n) is 4.61. The van der Waals surface area contributed by atoms with Gasteiger partial charge in [-0.05, 0) is 0 Å². The Labute approximate surface area is 87.7 Å². The molecule has 0 aromatic heterocycles. The first kappa shape index (κ1) is 7.74. The second kappa shape index (κ2) is 2.95. The first-order valence-corrected chi connectivity index (χ1v) is 8.16. The molecule has 0 bridgehead atoms. The van der Waals surface area contributed by atoms with E-state index < -0.39 is 20.7 Å². The van der Waals surface area contributed by atoms with Gasteiger partial charge in [0.25, 0.3) is 0 Å². The zero-order chi connectivity index (χ0) is 8.67. The van der Waals surface area contributed by atoms with Gasteiger partial charge in [0.05, 0.1) is 0 Å². The van der Waals surface area contributed by atoms with E-state index in [0.717, 1.165) is 0 Å². The van der Waals surface area contributed by atoms with Gasteiger partial charge in [-0.2, -0.15) is 0 Å². The fraction of sp³-hybridized carbons (Fsp3) is 0.0833. The normalized spacial score (nSPS) is 17.5. The van der Waals surface area contributed by atoms with E-state index in [-0.39, 0.29) is 0 Å². The molecule has 1 heteroatoms. The van der Waals surface area contributed by atoms with E-state index in [1.165, 1.54) is 12.0 Å². The Bertz CT molecular complexity index is 450. The third kappa shape index (κ3) is 1.16. The topological polar surface area (TPSA) is 0 Å². The Balaban J connectivity index is 2.24. The van der Waals surface area contributed by atoms with Gasteiger partial charge in [0.2, 0.25) is 0 Å². The molecule has 0 nitrogen and oxygen atoms in total. The van der Waals surface area contributed by atoms with Crippen molar-refractivity contribution in [2.75, 3.05) is 0 Å². The van der Waals surface area contributed by atoms with E-state index in [0.29, 0.717) is 0 Å². The molecule has 62 valence electrons. The van der Waals surface area contributed by atoms with Crippen LogP contribution in [0.15, 0.2) is 40.0 Å². The number of benzene rings is 1. The van der Waals surface area contributed by atoms with E-state index in [4.69, 9.17) is 0 Å². The van der Waals surface area contributed by atoms with Gasteiger partial charge in [0, 0.05) is 0 Å². The first-order chi connectivity index (χ1) is 6.45. The van der Waals surface area contributed by atoms with Crippen LogP contribution in [0, 0.1) is 0 Å². The summed E-state index contributed by atoms with van der Waals surface area (Å²) in [5.41, 5.74) is 4.59. The van der Waals surface area contributed by atoms with Crippen LogP contribution in [-0.4, -0.2) is 24.7 Å². The monoisotopic (exact) mass is 274 g/mol. The molecule has 3 rings (SSSR count). The Morgan fingerprint density at radius 1 is 1.15 bits per heavy atom. The fourth-order valence-corrected chi connectivity index (χ4v) is 5.57. The standard InChI is InChI=1S/C12H9.Sn.H/c1-2-5-10-8-9-11-6-3-4-7-12(10)11;;/h1-7H,9H2;;. The summed E-state index contributed by atoms with van der Waals surface area (Å²) in [6, 6.07) is 8.83. The van der Waals surface area contributed by atoms with Crippen molar-refractivity contribution >= 4 is 30.3 Å². The van der Waals surface area contributed by atoms with Crippen LogP contribution in [0.2, 0.25) is 0 Å². The van der Waals surface area contributed by atoms with E-state index in [9.17, 15) is 0 Å². The molecular weight excluding hydrogens is 263 g/mol. The van der Waals surface area contributed by atoms with Gasteiger partial charge >= 0.3 is 87.8 Å². The molecule has 1 heterocycles. The molecule has 0 radical (unpaired) electrons. The molecule has 1 aliphatic heterocycles. The zero-order valence-electron chi connectivity index (χ0n) is 7.33. The Kier molecular flexibility index (Phi) is 1.75. The minimum atomic E-state index is -0.499. The zero-order valence-corrected chi connectivity index (χ0v) is 10.6. The molecule has 1 aliphatic carbocycles. The van der Waals surface area contributed by atoms with E-state index in [1.807, 2.05) is 0 Å². The summed E-state index contributed by atoms with van der Waals surface area (Å²) in [4.78, 5) is 0. The van der Waals surface area contributed by atoms with E-state index in [2.05, 4.69) is 40.4 Å². The molecule has 1 aromatic rings. The molecule has 0 fully saturated rings. The van der Waals surface area contributed by atoms with Gasteiger partial charge in [0.15, 0.2) is 0 Å². The van der Waals surface area contributed by atoms with Crippen molar-refractivity contribution in [3.05, 3.63) is 51.1 Å². The van der Waals surface area contributed by atoms with Crippen LogP contribution >= 0.6 is 0 Å². The summed E-state index contributed by atoms with van der Waals surface area (Å²) in [5, 5.41) is 0. The number of allylic oxidation sites excluding steroid dienone is 4. The van der Waals surface area contributed by atoms with Gasteiger partial charge in [-0.15, -0.1) is 0 Å². The predicted octanol–water partition coefficient (Wildman–Crippen LogP) is 1.76. The maximum atomic E-state index is 2.43. The van der Waals surface area contributed by atoms with Crippen LogP contribution in [0.25, 0.3) is 5.57 Å². The molecule has 0 saturated carbocycles. The summed E-state index contributed by atoms with van der Waals surface area (Å²) in [7, 11) is 0. The molecule has 0 amide bonds. The van der Waals surface area contributed by atoms with Crippen molar-refractivity contribution in [1.29, 1.82) is 0 Å². The number of hydrogen-bond acceptors (Lipinski definition) is 0. The quantitative estimate of drug-likeness (QED) is 0.632. The van der Waals surface area contributed by atoms with Crippen LogP contribution < -0.4 is 0 Å². The summed E-state index contributed by atoms with van der Waals surface area (Å²) >= 11 is -0.499. The molecule has 0 saturated heterocycles. The van der Waals surface area contributed by atoms with Gasteiger partial charge in [-0.3, -0.25) is 0 Å². The summed E-state index contributed by atoms with van der Waals surface area (Å²) < 4.78 is 4.21. The average Bonchev–Trinajstić information content (AvgIpc) is 2.56. The van der Waals surface area contributed by atoms with Crippen molar-refractivity contribution in [3.8, 4) is 0 Å². The van der Waals surface area contributed by atoms with Crippen LogP contribution in [0.5, 0.6) is 0 Å². The van der Waals surface area contributed by atoms with Crippen LogP contribution in [0.1, 0.15) is 11.1 Å². The molecule has 13 heavy (non-hydrogen) atoms. The van der Waals surface area contributed by atoms with Crippen molar-refractivity contribution in [2.24, 2.45) is 0 Å². The van der Waals surface area contributed by atoms with Gasteiger partial charge in [-0.1, -0.05) is 0 Å². The Morgan fingerprint density at radius 3 is 3.08 bits per heavy atom. The summed E-state index contributed by atoms with van der Waals surface area (Å²) in [5.74, 6) is 0. The van der Waals surface area contributed by atoms with E-state index >= 15 is 0 Å². The molecule has 0 N–H and O–H groups in total. The Hall–Kier alpha value is -0.631. The van der Waals surface area contributed by atoms with Crippen LogP contribution in [0.3, 0.4) is 0 Å². The average molecular weight is 273 g/mol. The molecule has 0 unspecified atom stereocenters. The fourth-order valence-electron chi connectivity index (χ4n) is 2.08. The van der Waals surface area contributed by atoms with Crippen LogP contribution in [-0.2, 0) is 6.42 Å². The van der Waals surface area contributed by atoms with Crippen molar-refractivity contribution in [2.45, 2.75) is 6.42 Å². The molecule has 1 aromatic carbocycles. The summed E-state index contributed by atoms with van der Waals surface area (Å²) in [6.45, 7) is 0. The predicted molar refractivity (Wildman–Crippen MR) is 59.4 cm³/mol. The number of rotatable bonds is 0. The van der Waals surface area contributed by atoms with E-state index in [1.54, 1.807) is 14.7 Å². The second-order valence-electron chi connectivity index (χ2n) is 3.49. The minimum absolute atomic E-state index is 0.499. The van der Waals surface area contributed by atoms with Gasteiger partial charge < -0.3 is 0 Å². The van der Waals surface area contributed by atoms with Gasteiger partial charge in [0.1, 0.15) is 0 Å². The SMILES string of the molecule is C1=CC2=[C](Cc3ccccc32)[SnH]=[CH]1. The van der Waals surface area contributed by atoms with Crippen LogP contribution in [0.4, 0.5) is 0 Å².